The number of aromatic amines is 1. The second kappa shape index (κ2) is 16.9. The fourth-order valence-electron chi connectivity index (χ4n) is 8.97. The smallest absolute Gasteiger partial charge is 0.268 e. The van der Waals surface area contributed by atoms with Gasteiger partial charge < -0.3 is 30.4 Å². The molecule has 2 aliphatic carbocycles. The normalized spacial score (nSPS) is 17.1. The average Bonchev–Trinajstić information content (AvgIpc) is 3.85. The van der Waals surface area contributed by atoms with Crippen LogP contribution in [0.15, 0.2) is 128 Å². The average molecular weight is 764 g/mol. The summed E-state index contributed by atoms with van der Waals surface area (Å²) >= 11 is 0. The number of aromatic nitrogens is 3. The Balaban J connectivity index is 1.15. The van der Waals surface area contributed by atoms with Gasteiger partial charge in [-0.05, 0) is 72.9 Å². The highest BCUT2D eigenvalue weighted by molar-refractivity contribution is 6.00. The van der Waals surface area contributed by atoms with E-state index in [0.717, 1.165) is 71.7 Å². The Morgan fingerprint density at radius 2 is 1.42 bits per heavy atom. The molecule has 9 heteroatoms. The van der Waals surface area contributed by atoms with Crippen molar-refractivity contribution in [3.8, 4) is 0 Å². The highest BCUT2D eigenvalue weighted by atomic mass is 16.3. The first kappa shape index (κ1) is 38.4. The molecule has 8 rings (SSSR count). The highest BCUT2D eigenvalue weighted by Gasteiger charge is 2.41. The SMILES string of the molecule is Cc1ccc2[nH]c(C(=O)N[C@@H](Cc3cn(C(c4ccccc4)(c4ccccc4)c4ccccc4)cn3)C(=O)N[C@@H](CC3CCCCC3)[C@@H](O)[C@@H](O)C3CC3)cc2c1. The fourth-order valence-corrected chi connectivity index (χ4v) is 8.97. The lowest BCUT2D eigenvalue weighted by Gasteiger charge is -2.37. The third-order valence-corrected chi connectivity index (χ3v) is 12.2. The minimum absolute atomic E-state index is 0.0370. The largest absolute Gasteiger partial charge is 0.390 e. The second-order valence-electron chi connectivity index (χ2n) is 16.3. The molecular weight excluding hydrogens is 711 g/mol. The number of fused-ring (bicyclic) bond motifs is 1. The number of aliphatic hydroxyl groups is 2. The Hall–Kier alpha value is -5.51. The number of carbonyl (C=O) groups is 2. The summed E-state index contributed by atoms with van der Waals surface area (Å²) in [6, 6.07) is 37.0. The van der Waals surface area contributed by atoms with Gasteiger partial charge in [-0.2, -0.15) is 0 Å². The van der Waals surface area contributed by atoms with Crippen LogP contribution < -0.4 is 10.6 Å². The molecule has 0 unspecified atom stereocenters. The zero-order valence-corrected chi connectivity index (χ0v) is 32.6. The molecule has 0 radical (unpaired) electrons. The maximum absolute atomic E-state index is 14.6. The quantitative estimate of drug-likeness (QED) is 0.0694. The standard InChI is InChI=1S/C48H53N5O4/c1-32-22-25-40-35(26-32)28-42(50-40)46(56)52-43(47(57)51-41(27-33-14-6-2-7-15-33)45(55)44(54)34-23-24-34)29-39-30-53(31-49-39)48(36-16-8-3-9-17-36,37-18-10-4-11-19-37)38-20-12-5-13-21-38/h3-5,8-13,16-22,25-26,28,30-31,33-34,41,43-45,50,54-55H,2,6-7,14-15,23-24,27,29H2,1H3,(H,51,57)(H,52,56)/t41-,43-,44-,45+/m0/s1. The zero-order chi connectivity index (χ0) is 39.4. The summed E-state index contributed by atoms with van der Waals surface area (Å²) in [5.74, 6) is -0.466. The van der Waals surface area contributed by atoms with Crippen molar-refractivity contribution in [3.05, 3.63) is 161 Å². The first-order valence-electron chi connectivity index (χ1n) is 20.6. The molecule has 0 saturated heterocycles. The van der Waals surface area contributed by atoms with Crippen LogP contribution in [0.1, 0.15) is 89.8 Å². The van der Waals surface area contributed by atoms with Gasteiger partial charge in [-0.25, -0.2) is 4.98 Å². The van der Waals surface area contributed by atoms with Gasteiger partial charge in [0.15, 0.2) is 0 Å². The van der Waals surface area contributed by atoms with E-state index in [0.29, 0.717) is 23.7 Å². The van der Waals surface area contributed by atoms with Crippen LogP contribution >= 0.6 is 0 Å². The first-order valence-corrected chi connectivity index (χ1v) is 20.6. The van der Waals surface area contributed by atoms with Gasteiger partial charge in [0.05, 0.1) is 24.2 Å². The first-order chi connectivity index (χ1) is 27.8. The van der Waals surface area contributed by atoms with Crippen molar-refractivity contribution in [2.24, 2.45) is 11.8 Å². The lowest BCUT2D eigenvalue weighted by Crippen LogP contribution is -2.56. The van der Waals surface area contributed by atoms with E-state index in [1.807, 2.05) is 85.9 Å². The van der Waals surface area contributed by atoms with Gasteiger partial charge in [-0.1, -0.05) is 135 Å². The number of nitrogens with one attached hydrogen (secondary N) is 3. The Kier molecular flexibility index (Phi) is 11.4. The van der Waals surface area contributed by atoms with E-state index >= 15 is 0 Å². The molecule has 6 aromatic rings. The van der Waals surface area contributed by atoms with Crippen molar-refractivity contribution in [2.45, 2.75) is 94.5 Å². The maximum atomic E-state index is 14.6. The van der Waals surface area contributed by atoms with Gasteiger partial charge in [-0.15, -0.1) is 0 Å². The van der Waals surface area contributed by atoms with Crippen LogP contribution in [-0.2, 0) is 16.8 Å². The molecule has 2 fully saturated rings. The lowest BCUT2D eigenvalue weighted by atomic mass is 9.77. The molecule has 0 aliphatic heterocycles. The van der Waals surface area contributed by atoms with Crippen molar-refractivity contribution in [1.82, 2.24) is 25.2 Å². The summed E-state index contributed by atoms with van der Waals surface area (Å²) in [5, 5.41) is 29.7. The third-order valence-electron chi connectivity index (χ3n) is 12.2. The Morgan fingerprint density at radius 3 is 2.02 bits per heavy atom. The van der Waals surface area contributed by atoms with Crippen LogP contribution in [0.2, 0.25) is 0 Å². The van der Waals surface area contributed by atoms with E-state index in [4.69, 9.17) is 4.98 Å². The van der Waals surface area contributed by atoms with Crippen LogP contribution in [0.4, 0.5) is 0 Å². The van der Waals surface area contributed by atoms with Gasteiger partial charge in [0.1, 0.15) is 23.4 Å². The number of hydrogen-bond acceptors (Lipinski definition) is 5. The summed E-state index contributed by atoms with van der Waals surface area (Å²) in [4.78, 5) is 36.8. The van der Waals surface area contributed by atoms with E-state index < -0.39 is 41.6 Å². The summed E-state index contributed by atoms with van der Waals surface area (Å²) < 4.78 is 2.10. The Morgan fingerprint density at radius 1 is 0.807 bits per heavy atom. The Bertz CT molecular complexity index is 2160. The number of benzene rings is 4. The number of carbonyl (C=O) groups excluding carboxylic acids is 2. The fraction of sp³-hybridized carbons (Fsp3) is 0.354. The molecule has 2 heterocycles. The second-order valence-corrected chi connectivity index (χ2v) is 16.3. The summed E-state index contributed by atoms with van der Waals surface area (Å²) in [6.45, 7) is 2.01. The molecule has 0 bridgehead atoms. The number of aliphatic hydroxyl groups excluding tert-OH is 2. The number of imidazole rings is 1. The Labute approximate surface area is 334 Å². The van der Waals surface area contributed by atoms with Crippen molar-refractivity contribution in [1.29, 1.82) is 0 Å². The number of H-pyrrole nitrogens is 1. The van der Waals surface area contributed by atoms with Crippen molar-refractivity contribution in [3.63, 3.8) is 0 Å². The molecule has 4 aromatic carbocycles. The molecule has 2 aromatic heterocycles. The van der Waals surface area contributed by atoms with Crippen molar-refractivity contribution >= 4 is 22.7 Å². The van der Waals surface area contributed by atoms with Gasteiger partial charge >= 0.3 is 0 Å². The summed E-state index contributed by atoms with van der Waals surface area (Å²) in [7, 11) is 0. The van der Waals surface area contributed by atoms with Crippen LogP contribution in [0.3, 0.4) is 0 Å². The molecule has 2 aliphatic rings. The van der Waals surface area contributed by atoms with E-state index in [1.54, 1.807) is 12.4 Å². The monoisotopic (exact) mass is 763 g/mol. The lowest BCUT2D eigenvalue weighted by molar-refractivity contribution is -0.125. The molecule has 5 N–H and O–H groups in total. The molecule has 0 spiro atoms. The predicted octanol–water partition coefficient (Wildman–Crippen LogP) is 7.44. The minimum Gasteiger partial charge on any atom is -0.390 e. The third kappa shape index (κ3) is 8.31. The minimum atomic E-state index is -1.11. The maximum Gasteiger partial charge on any atom is 0.268 e. The van der Waals surface area contributed by atoms with E-state index in [1.165, 1.54) is 6.42 Å². The van der Waals surface area contributed by atoms with Gasteiger partial charge in [0, 0.05) is 23.5 Å². The van der Waals surface area contributed by atoms with Crippen molar-refractivity contribution < 1.29 is 19.8 Å². The molecule has 4 atom stereocenters. The van der Waals surface area contributed by atoms with Crippen LogP contribution in [0.25, 0.3) is 10.9 Å². The molecule has 57 heavy (non-hydrogen) atoms. The van der Waals surface area contributed by atoms with Crippen LogP contribution in [0, 0.1) is 18.8 Å². The highest BCUT2D eigenvalue weighted by Crippen LogP contribution is 2.41. The van der Waals surface area contributed by atoms with Crippen LogP contribution in [0.5, 0.6) is 0 Å². The van der Waals surface area contributed by atoms with Crippen molar-refractivity contribution in [2.75, 3.05) is 0 Å². The van der Waals surface area contributed by atoms with Gasteiger partial charge in [0.2, 0.25) is 5.91 Å². The molecule has 294 valence electrons. The van der Waals surface area contributed by atoms with E-state index in [9.17, 15) is 19.8 Å². The predicted molar refractivity (Wildman–Crippen MR) is 223 cm³/mol. The number of nitrogens with zero attached hydrogens (tertiary/aromatic N) is 2. The van der Waals surface area contributed by atoms with E-state index in [-0.39, 0.29) is 12.3 Å². The number of hydrogen-bond donors (Lipinski definition) is 5. The van der Waals surface area contributed by atoms with Gasteiger partial charge in [-0.3, -0.25) is 9.59 Å². The topological polar surface area (TPSA) is 132 Å². The summed E-state index contributed by atoms with van der Waals surface area (Å²) in [5.41, 5.74) is 5.18. The summed E-state index contributed by atoms with van der Waals surface area (Å²) in [6.07, 6.45) is 9.63. The number of aryl methyl sites for hydroxylation is 1. The number of amides is 2. The van der Waals surface area contributed by atoms with E-state index in [2.05, 4.69) is 56.6 Å². The molecule has 2 saturated carbocycles. The molecule has 2 amide bonds. The number of rotatable bonds is 15. The molecular formula is C48H53N5O4. The zero-order valence-electron chi connectivity index (χ0n) is 32.6. The molecule has 9 nitrogen and oxygen atoms in total. The van der Waals surface area contributed by atoms with Gasteiger partial charge in [0.25, 0.3) is 5.91 Å². The van der Waals surface area contributed by atoms with Crippen LogP contribution in [-0.4, -0.2) is 60.9 Å².